The van der Waals surface area contributed by atoms with Crippen LogP contribution in [0, 0.1) is 0 Å². The van der Waals surface area contributed by atoms with Gasteiger partial charge in [0.2, 0.25) is 5.88 Å². The van der Waals surface area contributed by atoms with E-state index < -0.39 is 0 Å². The van der Waals surface area contributed by atoms with Crippen molar-refractivity contribution in [3.63, 3.8) is 0 Å². The summed E-state index contributed by atoms with van der Waals surface area (Å²) in [6, 6.07) is 1.79. The van der Waals surface area contributed by atoms with E-state index in [1.165, 1.54) is 6.33 Å². The Hall–Kier alpha value is -1.53. The van der Waals surface area contributed by atoms with Gasteiger partial charge in [0.15, 0.2) is 0 Å². The summed E-state index contributed by atoms with van der Waals surface area (Å²) in [5.41, 5.74) is 1.83. The molecule has 0 radical (unpaired) electrons. The molecule has 0 aliphatic carbocycles. The molecule has 2 rings (SSSR count). The maximum absolute atomic E-state index is 5.06. The van der Waals surface area contributed by atoms with Gasteiger partial charge < -0.3 is 10.1 Å². The van der Waals surface area contributed by atoms with Crippen molar-refractivity contribution in [3.05, 3.63) is 23.5 Å². The Morgan fingerprint density at radius 1 is 1.41 bits per heavy atom. The molecule has 17 heavy (non-hydrogen) atoms. The molecular weight excluding hydrogens is 236 g/mol. The fourth-order valence-corrected chi connectivity index (χ4v) is 2.11. The van der Waals surface area contributed by atoms with Crippen molar-refractivity contribution in [1.29, 1.82) is 0 Å². The number of methoxy groups -OCH3 is 1. The fourth-order valence-electron chi connectivity index (χ4n) is 1.33. The highest BCUT2D eigenvalue weighted by atomic mass is 32.1. The molecule has 2 aromatic heterocycles. The Bertz CT molecular complexity index is 486. The van der Waals surface area contributed by atoms with E-state index in [1.54, 1.807) is 24.5 Å². The average Bonchev–Trinajstić information content (AvgIpc) is 2.85. The van der Waals surface area contributed by atoms with Gasteiger partial charge in [0.25, 0.3) is 0 Å². The molecule has 0 atom stereocenters. The molecule has 0 aliphatic heterocycles. The highest BCUT2D eigenvalue weighted by molar-refractivity contribution is 7.13. The predicted molar refractivity (Wildman–Crippen MR) is 67.1 cm³/mol. The second-order valence-corrected chi connectivity index (χ2v) is 4.23. The van der Waals surface area contributed by atoms with Crippen LogP contribution in [0.15, 0.2) is 17.8 Å². The van der Waals surface area contributed by atoms with E-state index in [-0.39, 0.29) is 0 Å². The molecule has 0 saturated heterocycles. The molecule has 0 bridgehead atoms. The predicted octanol–water partition coefficient (Wildman–Crippen LogP) is 1.72. The first-order valence-corrected chi connectivity index (χ1v) is 6.23. The zero-order valence-corrected chi connectivity index (χ0v) is 10.6. The summed E-state index contributed by atoms with van der Waals surface area (Å²) >= 11 is 1.58. The van der Waals surface area contributed by atoms with E-state index in [0.717, 1.165) is 29.5 Å². The molecule has 0 spiro atoms. The van der Waals surface area contributed by atoms with Crippen LogP contribution in [0.5, 0.6) is 5.88 Å². The Labute approximate surface area is 104 Å². The number of nitrogens with zero attached hydrogens (tertiary/aromatic N) is 3. The number of ether oxygens (including phenoxy) is 1. The van der Waals surface area contributed by atoms with Gasteiger partial charge >= 0.3 is 0 Å². The molecule has 0 fully saturated rings. The SMILES string of the molecule is CCNCc1csc(-c2cc(OC)ncn2)n1. The number of hydrogen-bond donors (Lipinski definition) is 1. The first kappa shape index (κ1) is 11.9. The lowest BCUT2D eigenvalue weighted by Gasteiger charge is -1.99. The lowest BCUT2D eigenvalue weighted by Crippen LogP contribution is -2.11. The second-order valence-electron chi connectivity index (χ2n) is 3.37. The molecule has 0 aliphatic rings. The molecule has 0 unspecified atom stereocenters. The van der Waals surface area contributed by atoms with Gasteiger partial charge in [-0.2, -0.15) is 0 Å². The van der Waals surface area contributed by atoms with Gasteiger partial charge in [0.05, 0.1) is 12.8 Å². The van der Waals surface area contributed by atoms with Crippen LogP contribution < -0.4 is 10.1 Å². The normalized spacial score (nSPS) is 10.5. The lowest BCUT2D eigenvalue weighted by atomic mass is 10.4. The van der Waals surface area contributed by atoms with Crippen molar-refractivity contribution in [3.8, 4) is 16.6 Å². The smallest absolute Gasteiger partial charge is 0.216 e. The Kier molecular flexibility index (Phi) is 4.00. The van der Waals surface area contributed by atoms with Gasteiger partial charge in [-0.15, -0.1) is 11.3 Å². The van der Waals surface area contributed by atoms with Gasteiger partial charge in [-0.3, -0.25) is 0 Å². The molecule has 5 nitrogen and oxygen atoms in total. The summed E-state index contributed by atoms with van der Waals surface area (Å²) in [4.78, 5) is 12.7. The molecule has 1 N–H and O–H groups in total. The van der Waals surface area contributed by atoms with E-state index in [9.17, 15) is 0 Å². The van der Waals surface area contributed by atoms with Crippen LogP contribution >= 0.6 is 11.3 Å². The third kappa shape index (κ3) is 2.98. The molecule has 6 heteroatoms. The highest BCUT2D eigenvalue weighted by Gasteiger charge is 2.07. The minimum atomic E-state index is 0.554. The molecule has 0 aromatic carbocycles. The molecule has 2 aromatic rings. The Balaban J connectivity index is 2.18. The minimum Gasteiger partial charge on any atom is -0.481 e. The van der Waals surface area contributed by atoms with E-state index in [0.29, 0.717) is 5.88 Å². The summed E-state index contributed by atoms with van der Waals surface area (Å²) in [7, 11) is 1.59. The molecule has 90 valence electrons. The van der Waals surface area contributed by atoms with E-state index >= 15 is 0 Å². The summed E-state index contributed by atoms with van der Waals surface area (Å²) < 4.78 is 5.06. The number of hydrogen-bond acceptors (Lipinski definition) is 6. The van der Waals surface area contributed by atoms with Gasteiger partial charge in [-0.05, 0) is 6.54 Å². The molecule has 2 heterocycles. The van der Waals surface area contributed by atoms with Crippen LogP contribution in [0.1, 0.15) is 12.6 Å². The van der Waals surface area contributed by atoms with Crippen molar-refractivity contribution < 1.29 is 4.74 Å². The topological polar surface area (TPSA) is 59.9 Å². The monoisotopic (exact) mass is 250 g/mol. The Morgan fingerprint density at radius 3 is 3.06 bits per heavy atom. The van der Waals surface area contributed by atoms with Crippen molar-refractivity contribution >= 4 is 11.3 Å². The van der Waals surface area contributed by atoms with Gasteiger partial charge in [-0.25, -0.2) is 15.0 Å². The minimum absolute atomic E-state index is 0.554. The van der Waals surface area contributed by atoms with Crippen LogP contribution in [0.4, 0.5) is 0 Å². The third-order valence-electron chi connectivity index (χ3n) is 2.18. The van der Waals surface area contributed by atoms with E-state index in [2.05, 4.69) is 27.2 Å². The lowest BCUT2D eigenvalue weighted by molar-refractivity contribution is 0.397. The molecule has 0 saturated carbocycles. The van der Waals surface area contributed by atoms with Gasteiger partial charge in [0, 0.05) is 18.0 Å². The first-order valence-electron chi connectivity index (χ1n) is 5.35. The Morgan fingerprint density at radius 2 is 2.29 bits per heavy atom. The van der Waals surface area contributed by atoms with Crippen molar-refractivity contribution in [2.75, 3.05) is 13.7 Å². The van der Waals surface area contributed by atoms with Gasteiger partial charge in [0.1, 0.15) is 17.0 Å². The van der Waals surface area contributed by atoms with Crippen LogP contribution in [-0.4, -0.2) is 28.6 Å². The molecule has 0 amide bonds. The van der Waals surface area contributed by atoms with E-state index in [4.69, 9.17) is 4.74 Å². The number of aromatic nitrogens is 3. The zero-order valence-electron chi connectivity index (χ0n) is 9.80. The molecular formula is C11H14N4OS. The third-order valence-corrected chi connectivity index (χ3v) is 3.09. The standard InChI is InChI=1S/C11H14N4OS/c1-3-12-5-8-6-17-11(15-8)9-4-10(16-2)14-7-13-9/h4,6-7,12H,3,5H2,1-2H3. The van der Waals surface area contributed by atoms with Crippen molar-refractivity contribution in [2.24, 2.45) is 0 Å². The summed E-state index contributed by atoms with van der Waals surface area (Å²) in [5, 5.41) is 6.16. The number of thiazole rings is 1. The van der Waals surface area contributed by atoms with Crippen LogP contribution in [0.2, 0.25) is 0 Å². The largest absolute Gasteiger partial charge is 0.481 e. The summed E-state index contributed by atoms with van der Waals surface area (Å²) in [6.07, 6.45) is 1.49. The maximum atomic E-state index is 5.06. The zero-order chi connectivity index (χ0) is 12.1. The summed E-state index contributed by atoms with van der Waals surface area (Å²) in [6.45, 7) is 3.80. The first-order chi connectivity index (χ1) is 8.33. The van der Waals surface area contributed by atoms with Crippen molar-refractivity contribution in [2.45, 2.75) is 13.5 Å². The highest BCUT2D eigenvalue weighted by Crippen LogP contribution is 2.23. The second kappa shape index (κ2) is 5.70. The van der Waals surface area contributed by atoms with Crippen LogP contribution in [-0.2, 0) is 6.54 Å². The average molecular weight is 250 g/mol. The van der Waals surface area contributed by atoms with Crippen LogP contribution in [0.3, 0.4) is 0 Å². The van der Waals surface area contributed by atoms with Crippen molar-refractivity contribution in [1.82, 2.24) is 20.3 Å². The summed E-state index contributed by atoms with van der Waals surface area (Å²) in [5.74, 6) is 0.554. The van der Waals surface area contributed by atoms with Gasteiger partial charge in [-0.1, -0.05) is 6.92 Å². The number of nitrogens with one attached hydrogen (secondary N) is 1. The quantitative estimate of drug-likeness (QED) is 0.875. The fraction of sp³-hybridized carbons (Fsp3) is 0.364. The number of rotatable bonds is 5. The maximum Gasteiger partial charge on any atom is 0.216 e. The van der Waals surface area contributed by atoms with Crippen LogP contribution in [0.25, 0.3) is 10.7 Å². The van der Waals surface area contributed by atoms with E-state index in [1.807, 2.05) is 5.38 Å².